The molecule has 0 aromatic heterocycles. The zero-order valence-electron chi connectivity index (χ0n) is 6.58. The molecule has 0 N–H and O–H groups in total. The largest absolute Gasteiger partial charge is 0.298 e. The van der Waals surface area contributed by atoms with Gasteiger partial charge in [-0.05, 0) is 24.1 Å². The lowest BCUT2D eigenvalue weighted by Crippen LogP contribution is -1.87. The van der Waals surface area contributed by atoms with Crippen LogP contribution in [0.4, 0.5) is 4.39 Å². The first-order chi connectivity index (χ1) is 6.27. The Morgan fingerprint density at radius 1 is 1.31 bits per heavy atom. The van der Waals surface area contributed by atoms with Crippen LogP contribution in [0.15, 0.2) is 18.2 Å². The van der Waals surface area contributed by atoms with E-state index in [-0.39, 0.29) is 5.56 Å². The Morgan fingerprint density at radius 3 is 2.62 bits per heavy atom. The Kier molecular flexibility index (Phi) is 2.93. The van der Waals surface area contributed by atoms with Gasteiger partial charge in [0.15, 0.2) is 12.6 Å². The van der Waals surface area contributed by atoms with E-state index in [1.54, 1.807) is 0 Å². The van der Waals surface area contributed by atoms with Crippen LogP contribution in [0.3, 0.4) is 0 Å². The number of carbonyl (C=O) groups excluding carboxylic acids is 2. The summed E-state index contributed by atoms with van der Waals surface area (Å²) >= 11 is 0. The first-order valence-electron chi connectivity index (χ1n) is 3.48. The van der Waals surface area contributed by atoms with Crippen LogP contribution in [-0.4, -0.2) is 12.6 Å². The minimum Gasteiger partial charge on any atom is -0.298 e. The summed E-state index contributed by atoms with van der Waals surface area (Å²) in [5, 5.41) is 0. The monoisotopic (exact) mass is 176 g/mol. The van der Waals surface area contributed by atoms with E-state index in [1.165, 1.54) is 12.1 Å². The maximum atomic E-state index is 12.9. The highest BCUT2D eigenvalue weighted by molar-refractivity contribution is 5.76. The molecule has 0 radical (unpaired) electrons. The molecule has 0 saturated carbocycles. The van der Waals surface area contributed by atoms with Crippen molar-refractivity contribution in [3.05, 3.63) is 35.1 Å². The minimum atomic E-state index is -0.632. The van der Waals surface area contributed by atoms with E-state index in [0.717, 1.165) is 6.07 Å². The van der Waals surface area contributed by atoms with Crippen molar-refractivity contribution in [2.24, 2.45) is 0 Å². The molecule has 1 rings (SSSR count). The third-order valence-corrected chi connectivity index (χ3v) is 1.40. The number of aldehydes is 2. The molecule has 2 nitrogen and oxygen atoms in total. The summed E-state index contributed by atoms with van der Waals surface area (Å²) in [6.45, 7) is 0. The second kappa shape index (κ2) is 4.17. The molecule has 1 aromatic rings. The number of rotatable bonds is 1. The summed E-state index contributed by atoms with van der Waals surface area (Å²) in [6.07, 6.45) is 0.845. The van der Waals surface area contributed by atoms with Crippen LogP contribution < -0.4 is 0 Å². The highest BCUT2D eigenvalue weighted by Crippen LogP contribution is 2.07. The lowest BCUT2D eigenvalue weighted by molar-refractivity contribution is -0.103. The van der Waals surface area contributed by atoms with Crippen LogP contribution in [0.25, 0.3) is 0 Å². The predicted molar refractivity (Wildman–Crippen MR) is 44.7 cm³/mol. The van der Waals surface area contributed by atoms with Gasteiger partial charge in [-0.2, -0.15) is 0 Å². The third kappa shape index (κ3) is 2.24. The van der Waals surface area contributed by atoms with Gasteiger partial charge in [0.25, 0.3) is 0 Å². The molecular formula is C10H5FO2. The maximum Gasteiger partial charge on any atom is 0.193 e. The van der Waals surface area contributed by atoms with Crippen LogP contribution in [0.1, 0.15) is 15.9 Å². The van der Waals surface area contributed by atoms with Crippen molar-refractivity contribution < 1.29 is 14.0 Å². The van der Waals surface area contributed by atoms with Crippen LogP contribution in [-0.2, 0) is 4.79 Å². The second-order valence-electron chi connectivity index (χ2n) is 2.24. The Balaban J connectivity index is 3.09. The van der Waals surface area contributed by atoms with E-state index in [9.17, 15) is 14.0 Å². The molecule has 0 atom stereocenters. The normalized spacial score (nSPS) is 8.38. The Bertz CT molecular complexity index is 399. The SMILES string of the molecule is O=CC#Cc1ccc(C=O)c(F)c1. The summed E-state index contributed by atoms with van der Waals surface area (Å²) in [4.78, 5) is 20.1. The summed E-state index contributed by atoms with van der Waals surface area (Å²) in [5.74, 6) is 3.92. The zero-order valence-corrected chi connectivity index (χ0v) is 6.58. The topological polar surface area (TPSA) is 34.1 Å². The number of halogens is 1. The molecule has 0 aliphatic rings. The Morgan fingerprint density at radius 2 is 2.08 bits per heavy atom. The van der Waals surface area contributed by atoms with Crippen LogP contribution >= 0.6 is 0 Å². The average molecular weight is 176 g/mol. The van der Waals surface area contributed by atoms with E-state index in [2.05, 4.69) is 11.8 Å². The molecule has 13 heavy (non-hydrogen) atoms. The van der Waals surface area contributed by atoms with Gasteiger partial charge in [0.05, 0.1) is 5.56 Å². The fraction of sp³-hybridized carbons (Fsp3) is 0. The predicted octanol–water partition coefficient (Wildman–Crippen LogP) is 1.19. The van der Waals surface area contributed by atoms with E-state index in [0.29, 0.717) is 18.1 Å². The molecule has 0 heterocycles. The number of hydrogen-bond donors (Lipinski definition) is 0. The van der Waals surface area contributed by atoms with E-state index >= 15 is 0 Å². The van der Waals surface area contributed by atoms with Crippen LogP contribution in [0.5, 0.6) is 0 Å². The molecule has 1 aromatic carbocycles. The van der Waals surface area contributed by atoms with Gasteiger partial charge in [0.1, 0.15) is 5.82 Å². The van der Waals surface area contributed by atoms with Crippen LogP contribution in [0, 0.1) is 17.7 Å². The fourth-order valence-corrected chi connectivity index (χ4v) is 0.813. The van der Waals surface area contributed by atoms with Gasteiger partial charge in [-0.15, -0.1) is 0 Å². The number of carbonyl (C=O) groups is 2. The molecular weight excluding hydrogens is 171 g/mol. The van der Waals surface area contributed by atoms with E-state index < -0.39 is 5.82 Å². The van der Waals surface area contributed by atoms with Gasteiger partial charge >= 0.3 is 0 Å². The molecule has 0 bridgehead atoms. The third-order valence-electron chi connectivity index (χ3n) is 1.40. The van der Waals surface area contributed by atoms with Crippen molar-refractivity contribution >= 4 is 12.6 Å². The molecule has 0 saturated heterocycles. The smallest absolute Gasteiger partial charge is 0.193 e. The van der Waals surface area contributed by atoms with Crippen molar-refractivity contribution in [1.29, 1.82) is 0 Å². The molecule has 3 heteroatoms. The fourth-order valence-electron chi connectivity index (χ4n) is 0.813. The second-order valence-corrected chi connectivity index (χ2v) is 2.24. The molecule has 0 amide bonds. The highest BCUT2D eigenvalue weighted by atomic mass is 19.1. The van der Waals surface area contributed by atoms with Crippen molar-refractivity contribution in [3.63, 3.8) is 0 Å². The van der Waals surface area contributed by atoms with Crippen molar-refractivity contribution in [2.75, 3.05) is 0 Å². The zero-order chi connectivity index (χ0) is 9.68. The van der Waals surface area contributed by atoms with Gasteiger partial charge in [0.2, 0.25) is 0 Å². The first-order valence-corrected chi connectivity index (χ1v) is 3.48. The average Bonchev–Trinajstić information content (AvgIpc) is 2.15. The first kappa shape index (κ1) is 9.14. The quantitative estimate of drug-likeness (QED) is 0.475. The molecule has 0 unspecified atom stereocenters. The lowest BCUT2D eigenvalue weighted by atomic mass is 10.1. The van der Waals surface area contributed by atoms with Crippen LogP contribution in [0.2, 0.25) is 0 Å². The van der Waals surface area contributed by atoms with E-state index in [1.807, 2.05) is 0 Å². The summed E-state index contributed by atoms with van der Waals surface area (Å²) in [7, 11) is 0. The molecule has 0 aliphatic heterocycles. The maximum absolute atomic E-state index is 12.9. The van der Waals surface area contributed by atoms with Crippen molar-refractivity contribution in [2.45, 2.75) is 0 Å². The van der Waals surface area contributed by atoms with Gasteiger partial charge in [-0.25, -0.2) is 4.39 Å². The van der Waals surface area contributed by atoms with Gasteiger partial charge in [0, 0.05) is 5.56 Å². The van der Waals surface area contributed by atoms with Gasteiger partial charge in [-0.1, -0.05) is 5.92 Å². The molecule has 0 aliphatic carbocycles. The Hall–Kier alpha value is -1.95. The highest BCUT2D eigenvalue weighted by Gasteiger charge is 1.99. The summed E-state index contributed by atoms with van der Waals surface area (Å²) in [6, 6.07) is 3.90. The van der Waals surface area contributed by atoms with Gasteiger partial charge in [-0.3, -0.25) is 9.59 Å². The van der Waals surface area contributed by atoms with E-state index in [4.69, 9.17) is 0 Å². The summed E-state index contributed by atoms with van der Waals surface area (Å²) in [5.41, 5.74) is 0.354. The molecule has 0 fully saturated rings. The van der Waals surface area contributed by atoms with Crippen molar-refractivity contribution in [3.8, 4) is 11.8 Å². The molecule has 64 valence electrons. The minimum absolute atomic E-state index is 0.0170. The van der Waals surface area contributed by atoms with Crippen molar-refractivity contribution in [1.82, 2.24) is 0 Å². The Labute approximate surface area is 74.4 Å². The molecule has 0 spiro atoms. The summed E-state index contributed by atoms with van der Waals surface area (Å²) < 4.78 is 12.9. The standard InChI is InChI=1S/C10H5FO2/c11-10-6-8(2-1-5-12)3-4-9(10)7-13/h3-7H. The lowest BCUT2D eigenvalue weighted by Gasteiger charge is -1.93. The number of benzene rings is 1. The van der Waals surface area contributed by atoms with Gasteiger partial charge < -0.3 is 0 Å². The number of hydrogen-bond acceptors (Lipinski definition) is 2.